The zero-order valence-corrected chi connectivity index (χ0v) is 9.85. The van der Waals surface area contributed by atoms with E-state index in [4.69, 9.17) is 0 Å². The maximum absolute atomic E-state index is 4.55. The maximum atomic E-state index is 4.55. The number of rotatable bonds is 1. The van der Waals surface area contributed by atoms with Crippen LogP contribution in [0.4, 0.5) is 0 Å². The molecule has 0 amide bonds. The average Bonchev–Trinajstić information content (AvgIpc) is 2.16. The summed E-state index contributed by atoms with van der Waals surface area (Å²) in [6.07, 6.45) is 3.60. The Kier molecular flexibility index (Phi) is 2.87. The van der Waals surface area contributed by atoms with E-state index in [0.29, 0.717) is 11.2 Å². The summed E-state index contributed by atoms with van der Waals surface area (Å²) in [6, 6.07) is 6.96. The van der Waals surface area contributed by atoms with Crippen molar-refractivity contribution in [3.8, 4) is 0 Å². The van der Waals surface area contributed by atoms with Gasteiger partial charge in [0.1, 0.15) is 0 Å². The van der Waals surface area contributed by atoms with Gasteiger partial charge in [0.15, 0.2) is 0 Å². The number of fused-ring (bicyclic) bond motifs is 1. The van der Waals surface area contributed by atoms with E-state index < -0.39 is 0 Å². The smallest absolute Gasteiger partial charge is 0.00604 e. The SMILES string of the molecule is CC(C)c1ccc2c(c1)CCC(S)C2. The molecule has 0 aliphatic heterocycles. The highest BCUT2D eigenvalue weighted by atomic mass is 32.1. The molecule has 0 saturated carbocycles. The Morgan fingerprint density at radius 1 is 1.29 bits per heavy atom. The number of hydrogen-bond acceptors (Lipinski definition) is 1. The molecule has 2 rings (SSSR count). The predicted octanol–water partition coefficient (Wildman–Crippen LogP) is 3.60. The lowest BCUT2D eigenvalue weighted by Gasteiger charge is -2.22. The molecule has 0 fully saturated rings. The van der Waals surface area contributed by atoms with Crippen LogP contribution in [0.5, 0.6) is 0 Å². The normalized spacial score (nSPS) is 21.0. The highest BCUT2D eigenvalue weighted by Crippen LogP contribution is 2.27. The third-order valence-electron chi connectivity index (χ3n) is 3.10. The van der Waals surface area contributed by atoms with Crippen molar-refractivity contribution in [2.24, 2.45) is 0 Å². The van der Waals surface area contributed by atoms with Crippen molar-refractivity contribution in [3.05, 3.63) is 34.9 Å². The number of hydrogen-bond donors (Lipinski definition) is 1. The zero-order chi connectivity index (χ0) is 10.1. The van der Waals surface area contributed by atoms with Crippen LogP contribution < -0.4 is 0 Å². The van der Waals surface area contributed by atoms with Crippen LogP contribution in [0.1, 0.15) is 42.9 Å². The molecule has 1 atom stereocenters. The van der Waals surface area contributed by atoms with E-state index in [0.717, 1.165) is 6.42 Å². The fourth-order valence-electron chi connectivity index (χ4n) is 2.11. The summed E-state index contributed by atoms with van der Waals surface area (Å²) in [5.41, 5.74) is 4.54. The standard InChI is InChI=1S/C13H18S/c1-9(2)10-3-4-12-8-13(14)6-5-11(12)7-10/h3-4,7,9,13-14H,5-6,8H2,1-2H3. The topological polar surface area (TPSA) is 0 Å². The fourth-order valence-corrected chi connectivity index (χ4v) is 2.44. The highest BCUT2D eigenvalue weighted by molar-refractivity contribution is 7.80. The second-order valence-corrected chi connectivity index (χ2v) is 5.31. The molecule has 0 radical (unpaired) electrons. The van der Waals surface area contributed by atoms with Crippen molar-refractivity contribution in [3.63, 3.8) is 0 Å². The van der Waals surface area contributed by atoms with Gasteiger partial charge in [0.25, 0.3) is 0 Å². The molecule has 1 aromatic carbocycles. The van der Waals surface area contributed by atoms with Crippen LogP contribution in [0.2, 0.25) is 0 Å². The van der Waals surface area contributed by atoms with E-state index in [1.807, 2.05) is 0 Å². The second kappa shape index (κ2) is 3.98. The van der Waals surface area contributed by atoms with Gasteiger partial charge >= 0.3 is 0 Å². The van der Waals surface area contributed by atoms with Gasteiger partial charge in [-0.15, -0.1) is 0 Å². The summed E-state index contributed by atoms with van der Waals surface area (Å²) < 4.78 is 0. The molecule has 1 aliphatic carbocycles. The second-order valence-electron chi connectivity index (χ2n) is 4.58. The Balaban J connectivity index is 2.31. The van der Waals surface area contributed by atoms with Gasteiger partial charge in [0, 0.05) is 5.25 Å². The van der Waals surface area contributed by atoms with Crippen LogP contribution in [0.25, 0.3) is 0 Å². The van der Waals surface area contributed by atoms with Gasteiger partial charge in [-0.05, 0) is 41.9 Å². The lowest BCUT2D eigenvalue weighted by atomic mass is 9.88. The van der Waals surface area contributed by atoms with Gasteiger partial charge in [-0.3, -0.25) is 0 Å². The molecule has 1 aromatic rings. The molecule has 0 heterocycles. The molecule has 0 saturated heterocycles. The molecule has 0 nitrogen and oxygen atoms in total. The Morgan fingerprint density at radius 3 is 2.79 bits per heavy atom. The summed E-state index contributed by atoms with van der Waals surface area (Å²) in [4.78, 5) is 0. The summed E-state index contributed by atoms with van der Waals surface area (Å²) >= 11 is 4.55. The van der Waals surface area contributed by atoms with E-state index in [1.54, 1.807) is 5.56 Å². The van der Waals surface area contributed by atoms with Crippen molar-refractivity contribution in [2.45, 2.75) is 44.3 Å². The third kappa shape index (κ3) is 1.98. The molecular formula is C13H18S. The molecule has 0 aromatic heterocycles. The van der Waals surface area contributed by atoms with Gasteiger partial charge < -0.3 is 0 Å². The Bertz CT molecular complexity index is 328. The van der Waals surface area contributed by atoms with Crippen LogP contribution in [0, 0.1) is 0 Å². The summed E-state index contributed by atoms with van der Waals surface area (Å²) in [5, 5.41) is 0.576. The minimum absolute atomic E-state index is 0.576. The summed E-state index contributed by atoms with van der Waals surface area (Å²) in [7, 11) is 0. The highest BCUT2D eigenvalue weighted by Gasteiger charge is 2.15. The minimum atomic E-state index is 0.576. The van der Waals surface area contributed by atoms with Crippen LogP contribution in [-0.4, -0.2) is 5.25 Å². The molecule has 14 heavy (non-hydrogen) atoms. The van der Waals surface area contributed by atoms with Gasteiger partial charge in [-0.1, -0.05) is 32.0 Å². The molecule has 76 valence electrons. The van der Waals surface area contributed by atoms with E-state index in [1.165, 1.54) is 24.0 Å². The Hall–Kier alpha value is -0.430. The van der Waals surface area contributed by atoms with Gasteiger partial charge in [-0.25, -0.2) is 0 Å². The van der Waals surface area contributed by atoms with E-state index >= 15 is 0 Å². The first kappa shape index (κ1) is 10.1. The number of thiol groups is 1. The first-order chi connectivity index (χ1) is 6.66. The largest absolute Gasteiger partial charge is 0.176 e. The number of aryl methyl sites for hydroxylation is 1. The van der Waals surface area contributed by atoms with Crippen molar-refractivity contribution in [1.29, 1.82) is 0 Å². The molecule has 1 heteroatoms. The van der Waals surface area contributed by atoms with Crippen molar-refractivity contribution >= 4 is 12.6 Å². The summed E-state index contributed by atoms with van der Waals surface area (Å²) in [5.74, 6) is 0.647. The predicted molar refractivity (Wildman–Crippen MR) is 65.3 cm³/mol. The zero-order valence-electron chi connectivity index (χ0n) is 8.96. The third-order valence-corrected chi connectivity index (χ3v) is 3.54. The van der Waals surface area contributed by atoms with Gasteiger partial charge in [0.2, 0.25) is 0 Å². The van der Waals surface area contributed by atoms with Crippen LogP contribution in [-0.2, 0) is 12.8 Å². The van der Waals surface area contributed by atoms with Crippen LogP contribution in [0.3, 0.4) is 0 Å². The van der Waals surface area contributed by atoms with Gasteiger partial charge in [-0.2, -0.15) is 12.6 Å². The Morgan fingerprint density at radius 2 is 2.07 bits per heavy atom. The molecule has 1 aliphatic rings. The van der Waals surface area contributed by atoms with Crippen LogP contribution in [0.15, 0.2) is 18.2 Å². The fraction of sp³-hybridized carbons (Fsp3) is 0.538. The van der Waals surface area contributed by atoms with E-state index in [-0.39, 0.29) is 0 Å². The van der Waals surface area contributed by atoms with Gasteiger partial charge in [0.05, 0.1) is 0 Å². The molecule has 0 N–H and O–H groups in total. The molecular weight excluding hydrogens is 188 g/mol. The van der Waals surface area contributed by atoms with E-state index in [2.05, 4.69) is 44.7 Å². The number of benzene rings is 1. The quantitative estimate of drug-likeness (QED) is 0.667. The monoisotopic (exact) mass is 206 g/mol. The van der Waals surface area contributed by atoms with Crippen molar-refractivity contribution in [2.75, 3.05) is 0 Å². The van der Waals surface area contributed by atoms with Crippen molar-refractivity contribution < 1.29 is 0 Å². The molecule has 0 spiro atoms. The maximum Gasteiger partial charge on any atom is 0.00604 e. The Labute approximate surface area is 92.1 Å². The summed E-state index contributed by atoms with van der Waals surface area (Å²) in [6.45, 7) is 4.51. The molecule has 1 unspecified atom stereocenters. The lowest BCUT2D eigenvalue weighted by molar-refractivity contribution is 0.702. The minimum Gasteiger partial charge on any atom is -0.176 e. The molecule has 0 bridgehead atoms. The van der Waals surface area contributed by atoms with E-state index in [9.17, 15) is 0 Å². The first-order valence-corrected chi connectivity index (χ1v) is 5.98. The first-order valence-electron chi connectivity index (χ1n) is 5.46. The average molecular weight is 206 g/mol. The lowest BCUT2D eigenvalue weighted by Crippen LogP contribution is -2.14. The van der Waals surface area contributed by atoms with Crippen LogP contribution >= 0.6 is 12.6 Å². The van der Waals surface area contributed by atoms with Crippen molar-refractivity contribution in [1.82, 2.24) is 0 Å².